The molecule has 5 nitrogen and oxygen atoms in total. The van der Waals surface area contributed by atoms with Crippen LogP contribution in [0.4, 0.5) is 4.39 Å². The molecule has 7 heteroatoms. The molecule has 102 valence electrons. The number of carbonyl (C=O) groups is 2. The quantitative estimate of drug-likeness (QED) is 0.851. The zero-order valence-electron chi connectivity index (χ0n) is 9.90. The molecule has 0 radical (unpaired) electrons. The summed E-state index contributed by atoms with van der Waals surface area (Å²) >= 11 is 3.01. The van der Waals surface area contributed by atoms with Crippen LogP contribution in [0.5, 0.6) is 0 Å². The lowest BCUT2D eigenvalue weighted by atomic mass is 10.1. The standard InChI is InChI=1S/C12H12BrFN2O3/c13-8-2-1-7(5-9(8)14)11(17)16-4-3-15-6-10(16)12(18)19/h1-2,5,10,15H,3-4,6H2,(H,18,19). The monoisotopic (exact) mass is 330 g/mol. The third-order valence-corrected chi connectivity index (χ3v) is 3.60. The fourth-order valence-electron chi connectivity index (χ4n) is 1.96. The first-order valence-corrected chi connectivity index (χ1v) is 6.49. The Bertz CT molecular complexity index is 524. The van der Waals surface area contributed by atoms with E-state index in [0.29, 0.717) is 6.54 Å². The van der Waals surface area contributed by atoms with Gasteiger partial charge in [-0.15, -0.1) is 0 Å². The molecule has 0 bridgehead atoms. The molecular formula is C12H12BrFN2O3. The Labute approximate surface area is 117 Å². The van der Waals surface area contributed by atoms with E-state index in [1.54, 1.807) is 0 Å². The number of amides is 1. The Balaban J connectivity index is 2.26. The minimum Gasteiger partial charge on any atom is -0.480 e. The number of aliphatic carboxylic acids is 1. The molecule has 0 spiro atoms. The summed E-state index contributed by atoms with van der Waals surface area (Å²) in [4.78, 5) is 24.6. The first kappa shape index (κ1) is 14.0. The van der Waals surface area contributed by atoms with E-state index in [9.17, 15) is 14.0 Å². The van der Waals surface area contributed by atoms with Crippen molar-refractivity contribution in [3.05, 3.63) is 34.1 Å². The molecule has 19 heavy (non-hydrogen) atoms. The number of nitrogens with zero attached hydrogens (tertiary/aromatic N) is 1. The smallest absolute Gasteiger partial charge is 0.327 e. The normalized spacial score (nSPS) is 19.3. The largest absolute Gasteiger partial charge is 0.480 e. The van der Waals surface area contributed by atoms with E-state index in [-0.39, 0.29) is 23.1 Å². The highest BCUT2D eigenvalue weighted by Crippen LogP contribution is 2.18. The van der Waals surface area contributed by atoms with Crippen molar-refractivity contribution in [1.29, 1.82) is 0 Å². The summed E-state index contributed by atoms with van der Waals surface area (Å²) in [5.74, 6) is -2.09. The second-order valence-electron chi connectivity index (χ2n) is 4.19. The molecule has 1 amide bonds. The van der Waals surface area contributed by atoms with E-state index < -0.39 is 23.7 Å². The molecule has 1 aromatic rings. The minimum absolute atomic E-state index is 0.147. The van der Waals surface area contributed by atoms with Crippen molar-refractivity contribution in [3.8, 4) is 0 Å². The summed E-state index contributed by atoms with van der Waals surface area (Å²) in [5.41, 5.74) is 0.147. The Morgan fingerprint density at radius 2 is 2.21 bits per heavy atom. The van der Waals surface area contributed by atoms with Gasteiger partial charge in [-0.2, -0.15) is 0 Å². The highest BCUT2D eigenvalue weighted by atomic mass is 79.9. The van der Waals surface area contributed by atoms with Crippen LogP contribution in [0.15, 0.2) is 22.7 Å². The van der Waals surface area contributed by atoms with Crippen LogP contribution in [0.3, 0.4) is 0 Å². The van der Waals surface area contributed by atoms with Gasteiger partial charge in [0.05, 0.1) is 4.47 Å². The third-order valence-electron chi connectivity index (χ3n) is 2.96. The number of hydrogen-bond donors (Lipinski definition) is 2. The molecule has 2 rings (SSSR count). The van der Waals surface area contributed by atoms with Gasteiger partial charge in [0.1, 0.15) is 11.9 Å². The SMILES string of the molecule is O=C(O)C1CNCCN1C(=O)c1ccc(Br)c(F)c1. The van der Waals surface area contributed by atoms with Crippen molar-refractivity contribution >= 4 is 27.8 Å². The van der Waals surface area contributed by atoms with E-state index in [4.69, 9.17) is 5.11 Å². The predicted octanol–water partition coefficient (Wildman–Crippen LogP) is 1.09. The summed E-state index contributed by atoms with van der Waals surface area (Å²) in [7, 11) is 0. The molecule has 1 aliphatic heterocycles. The van der Waals surface area contributed by atoms with Gasteiger partial charge in [0.2, 0.25) is 0 Å². The molecular weight excluding hydrogens is 319 g/mol. The Kier molecular flexibility index (Phi) is 4.16. The van der Waals surface area contributed by atoms with Gasteiger partial charge >= 0.3 is 5.97 Å². The van der Waals surface area contributed by atoms with E-state index in [2.05, 4.69) is 21.2 Å². The second kappa shape index (κ2) is 5.66. The van der Waals surface area contributed by atoms with Crippen molar-refractivity contribution in [2.45, 2.75) is 6.04 Å². The van der Waals surface area contributed by atoms with Crippen molar-refractivity contribution in [2.24, 2.45) is 0 Å². The van der Waals surface area contributed by atoms with Crippen LogP contribution in [0.25, 0.3) is 0 Å². The summed E-state index contributed by atoms with van der Waals surface area (Å²) in [6.45, 7) is 1.00. The molecule has 1 heterocycles. The molecule has 1 fully saturated rings. The lowest BCUT2D eigenvalue weighted by molar-refractivity contribution is -0.142. The Hall–Kier alpha value is -1.47. The van der Waals surface area contributed by atoms with E-state index >= 15 is 0 Å². The maximum absolute atomic E-state index is 13.4. The number of rotatable bonds is 2. The molecule has 1 aromatic carbocycles. The van der Waals surface area contributed by atoms with E-state index in [0.717, 1.165) is 6.07 Å². The van der Waals surface area contributed by atoms with Gasteiger partial charge in [-0.3, -0.25) is 4.79 Å². The van der Waals surface area contributed by atoms with Crippen LogP contribution in [0, 0.1) is 5.82 Å². The number of piperazine rings is 1. The first-order chi connectivity index (χ1) is 9.00. The van der Waals surface area contributed by atoms with Crippen molar-refractivity contribution < 1.29 is 19.1 Å². The van der Waals surface area contributed by atoms with Gasteiger partial charge in [0.15, 0.2) is 0 Å². The molecule has 1 unspecified atom stereocenters. The summed E-state index contributed by atoms with van der Waals surface area (Å²) in [5, 5.41) is 12.0. The van der Waals surface area contributed by atoms with Crippen LogP contribution < -0.4 is 5.32 Å². The van der Waals surface area contributed by atoms with Gasteiger partial charge in [0, 0.05) is 25.2 Å². The van der Waals surface area contributed by atoms with E-state index in [1.165, 1.54) is 17.0 Å². The zero-order chi connectivity index (χ0) is 14.0. The van der Waals surface area contributed by atoms with Crippen molar-refractivity contribution in [1.82, 2.24) is 10.2 Å². The number of carboxylic acids is 1. The van der Waals surface area contributed by atoms with E-state index in [1.807, 2.05) is 0 Å². The lowest BCUT2D eigenvalue weighted by Gasteiger charge is -2.33. The summed E-state index contributed by atoms with van der Waals surface area (Å²) < 4.78 is 13.7. The van der Waals surface area contributed by atoms with Crippen molar-refractivity contribution in [2.75, 3.05) is 19.6 Å². The average Bonchev–Trinajstić information content (AvgIpc) is 2.41. The van der Waals surface area contributed by atoms with Gasteiger partial charge < -0.3 is 15.3 Å². The van der Waals surface area contributed by atoms with Crippen LogP contribution in [0.1, 0.15) is 10.4 Å². The van der Waals surface area contributed by atoms with Crippen molar-refractivity contribution in [3.63, 3.8) is 0 Å². The highest BCUT2D eigenvalue weighted by Gasteiger charge is 2.32. The number of hydrogen-bond acceptors (Lipinski definition) is 3. The van der Waals surface area contributed by atoms with Crippen LogP contribution in [0.2, 0.25) is 0 Å². The molecule has 0 saturated carbocycles. The summed E-state index contributed by atoms with van der Waals surface area (Å²) in [6, 6.07) is 3.08. The maximum atomic E-state index is 13.4. The number of halogens is 2. The Morgan fingerprint density at radius 3 is 2.84 bits per heavy atom. The van der Waals surface area contributed by atoms with Gasteiger partial charge in [0.25, 0.3) is 5.91 Å². The minimum atomic E-state index is -1.07. The summed E-state index contributed by atoms with van der Waals surface area (Å²) in [6.07, 6.45) is 0. The number of carboxylic acid groups (broad SMARTS) is 1. The highest BCUT2D eigenvalue weighted by molar-refractivity contribution is 9.10. The fourth-order valence-corrected chi connectivity index (χ4v) is 2.21. The van der Waals surface area contributed by atoms with Gasteiger partial charge in [-0.1, -0.05) is 0 Å². The van der Waals surface area contributed by atoms with Gasteiger partial charge in [-0.25, -0.2) is 9.18 Å². The number of benzene rings is 1. The molecule has 2 N–H and O–H groups in total. The maximum Gasteiger partial charge on any atom is 0.327 e. The molecule has 1 atom stereocenters. The van der Waals surface area contributed by atoms with Crippen LogP contribution in [-0.2, 0) is 4.79 Å². The lowest BCUT2D eigenvalue weighted by Crippen LogP contribution is -2.57. The molecule has 1 aliphatic rings. The molecule has 0 aliphatic carbocycles. The Morgan fingerprint density at radius 1 is 1.47 bits per heavy atom. The van der Waals surface area contributed by atoms with Gasteiger partial charge in [-0.05, 0) is 34.1 Å². The second-order valence-corrected chi connectivity index (χ2v) is 5.04. The third kappa shape index (κ3) is 2.93. The average molecular weight is 331 g/mol. The van der Waals surface area contributed by atoms with Crippen LogP contribution >= 0.6 is 15.9 Å². The first-order valence-electron chi connectivity index (χ1n) is 5.70. The predicted molar refractivity (Wildman–Crippen MR) is 69.4 cm³/mol. The molecule has 0 aromatic heterocycles. The van der Waals surface area contributed by atoms with Crippen LogP contribution in [-0.4, -0.2) is 47.6 Å². The topological polar surface area (TPSA) is 69.6 Å². The fraction of sp³-hybridized carbons (Fsp3) is 0.333. The zero-order valence-corrected chi connectivity index (χ0v) is 11.5. The molecule has 1 saturated heterocycles. The number of carbonyl (C=O) groups excluding carboxylic acids is 1. The number of nitrogens with one attached hydrogen (secondary N) is 1.